The Morgan fingerprint density at radius 3 is 2.59 bits per heavy atom. The van der Waals surface area contributed by atoms with E-state index < -0.39 is 6.10 Å². The zero-order valence-corrected chi connectivity index (χ0v) is 17.9. The number of fused-ring (bicyclic) bond motifs is 3. The number of aliphatic hydroxyl groups is 1. The van der Waals surface area contributed by atoms with Crippen LogP contribution in [0.5, 0.6) is 0 Å². The average Bonchev–Trinajstić information content (AvgIpc) is 3.33. The third kappa shape index (κ3) is 2.81. The van der Waals surface area contributed by atoms with Crippen LogP contribution in [0.15, 0.2) is 59.4 Å². The number of para-hydroxylation sites is 3. The van der Waals surface area contributed by atoms with E-state index in [4.69, 9.17) is 9.97 Å². The molecule has 0 radical (unpaired) electrons. The Hall–Kier alpha value is -3.71. The molecule has 0 saturated heterocycles. The molecular weight excluding hydrogens is 402 g/mol. The molecule has 160 valence electrons. The summed E-state index contributed by atoms with van der Waals surface area (Å²) >= 11 is 0. The molecule has 0 saturated carbocycles. The Morgan fingerprint density at radius 2 is 1.81 bits per heavy atom. The van der Waals surface area contributed by atoms with E-state index in [1.807, 2.05) is 54.6 Å². The van der Waals surface area contributed by atoms with Gasteiger partial charge in [0.2, 0.25) is 0 Å². The van der Waals surface area contributed by atoms with E-state index in [0.717, 1.165) is 22.4 Å². The summed E-state index contributed by atoms with van der Waals surface area (Å²) in [5, 5.41) is 14.8. The Kier molecular flexibility index (Phi) is 3.95. The third-order valence-corrected chi connectivity index (χ3v) is 6.31. The molecule has 0 bridgehead atoms. The lowest BCUT2D eigenvalue weighted by molar-refractivity contribution is 0.0989. The van der Waals surface area contributed by atoms with E-state index in [0.29, 0.717) is 40.8 Å². The van der Waals surface area contributed by atoms with Crippen molar-refractivity contribution in [3.05, 3.63) is 76.2 Å². The van der Waals surface area contributed by atoms with Gasteiger partial charge >= 0.3 is 0 Å². The number of H-pyrrole nitrogens is 2. The van der Waals surface area contributed by atoms with E-state index in [-0.39, 0.29) is 11.0 Å². The first-order valence-corrected chi connectivity index (χ1v) is 10.8. The van der Waals surface area contributed by atoms with Crippen molar-refractivity contribution in [1.29, 1.82) is 0 Å². The first kappa shape index (κ1) is 19.0. The fourth-order valence-electron chi connectivity index (χ4n) is 4.93. The van der Waals surface area contributed by atoms with Gasteiger partial charge in [-0.05, 0) is 42.5 Å². The van der Waals surface area contributed by atoms with Gasteiger partial charge in [0.1, 0.15) is 5.82 Å². The molecule has 7 heteroatoms. The summed E-state index contributed by atoms with van der Waals surface area (Å²) in [5.41, 5.74) is 4.75. The van der Waals surface area contributed by atoms with E-state index in [1.54, 1.807) is 0 Å². The maximum Gasteiger partial charge on any atom is 0.281 e. The molecule has 3 N–H and O–H groups in total. The van der Waals surface area contributed by atoms with Crippen molar-refractivity contribution in [3.8, 4) is 17.1 Å². The fraction of sp³-hybridized carbons (Fsp3) is 0.240. The summed E-state index contributed by atoms with van der Waals surface area (Å²) in [5.74, 6) is 0.574. The number of pyridine rings is 1. The van der Waals surface area contributed by atoms with Gasteiger partial charge in [-0.2, -0.15) is 0 Å². The number of hydrogen-bond acceptors (Lipinski definition) is 4. The molecule has 5 aromatic rings. The number of rotatable bonds is 2. The molecule has 0 aliphatic heterocycles. The van der Waals surface area contributed by atoms with Crippen LogP contribution in [0.2, 0.25) is 0 Å². The Labute approximate surface area is 183 Å². The van der Waals surface area contributed by atoms with Crippen LogP contribution >= 0.6 is 0 Å². The van der Waals surface area contributed by atoms with Gasteiger partial charge in [-0.15, -0.1) is 0 Å². The van der Waals surface area contributed by atoms with Crippen LogP contribution in [-0.2, 0) is 6.42 Å². The van der Waals surface area contributed by atoms with Gasteiger partial charge in [-0.25, -0.2) is 14.6 Å². The quantitative estimate of drug-likeness (QED) is 0.393. The summed E-state index contributed by atoms with van der Waals surface area (Å²) < 4.78 is 1.51. The number of imidazole rings is 1. The van der Waals surface area contributed by atoms with Gasteiger partial charge in [0.15, 0.2) is 5.65 Å². The van der Waals surface area contributed by atoms with Crippen molar-refractivity contribution >= 4 is 22.1 Å². The van der Waals surface area contributed by atoms with Crippen LogP contribution in [0.25, 0.3) is 39.1 Å². The van der Waals surface area contributed by atoms with Crippen LogP contribution in [-0.4, -0.2) is 29.8 Å². The zero-order chi connectivity index (χ0) is 22.0. The molecule has 2 aromatic carbocycles. The molecule has 0 amide bonds. The average molecular weight is 425 g/mol. The lowest BCUT2D eigenvalue weighted by Crippen LogP contribution is -2.27. The molecule has 3 aromatic heterocycles. The lowest BCUT2D eigenvalue weighted by atomic mass is 9.73. The van der Waals surface area contributed by atoms with E-state index >= 15 is 0 Å². The van der Waals surface area contributed by atoms with Gasteiger partial charge in [0.05, 0.1) is 28.2 Å². The first-order valence-electron chi connectivity index (χ1n) is 10.8. The highest BCUT2D eigenvalue weighted by molar-refractivity contribution is 5.95. The van der Waals surface area contributed by atoms with Crippen LogP contribution in [0.3, 0.4) is 0 Å². The first-order chi connectivity index (χ1) is 15.4. The Balaban J connectivity index is 1.73. The SMILES string of the molecule is CC1(C)Cc2nc3[nH]n(-c4ccccc4)c(=O)c3c(-c3nc4ccccc4[nH]3)c2C(O)C1. The van der Waals surface area contributed by atoms with E-state index in [9.17, 15) is 9.90 Å². The minimum absolute atomic E-state index is 0.0967. The normalized spacial score (nSPS) is 17.7. The molecule has 1 atom stereocenters. The summed E-state index contributed by atoms with van der Waals surface area (Å²) in [6.07, 6.45) is 0.576. The number of aliphatic hydroxyl groups excluding tert-OH is 1. The standard InChI is InChI=1S/C25H23N5O2/c1-25(2)12-17-19(18(31)13-25)20(22-26-15-10-6-7-11-16(15)27-22)21-23(28-17)29-30(24(21)32)14-8-4-3-5-9-14/h3-11,18,31H,12-13H2,1-2H3,(H,26,27)(H,28,29). The van der Waals surface area contributed by atoms with Gasteiger partial charge in [0, 0.05) is 16.8 Å². The smallest absolute Gasteiger partial charge is 0.281 e. The molecule has 3 heterocycles. The largest absolute Gasteiger partial charge is 0.388 e. The topological polar surface area (TPSA) is 99.6 Å². The van der Waals surface area contributed by atoms with Gasteiger partial charge in [-0.1, -0.05) is 44.2 Å². The highest BCUT2D eigenvalue weighted by Gasteiger charge is 2.36. The maximum absolute atomic E-state index is 13.6. The van der Waals surface area contributed by atoms with Crippen molar-refractivity contribution < 1.29 is 5.11 Å². The molecular formula is C25H23N5O2. The summed E-state index contributed by atoms with van der Waals surface area (Å²) in [4.78, 5) is 26.6. The summed E-state index contributed by atoms with van der Waals surface area (Å²) in [7, 11) is 0. The summed E-state index contributed by atoms with van der Waals surface area (Å²) in [6.45, 7) is 4.26. The Bertz CT molecular complexity index is 1510. The molecule has 1 aliphatic rings. The van der Waals surface area contributed by atoms with Crippen molar-refractivity contribution in [2.45, 2.75) is 32.8 Å². The molecule has 32 heavy (non-hydrogen) atoms. The second kappa shape index (κ2) is 6.64. The summed E-state index contributed by atoms with van der Waals surface area (Å²) in [6, 6.07) is 17.2. The van der Waals surface area contributed by atoms with E-state index in [1.165, 1.54) is 4.68 Å². The zero-order valence-electron chi connectivity index (χ0n) is 17.9. The molecule has 0 spiro atoms. The number of hydrogen-bond donors (Lipinski definition) is 3. The van der Waals surface area contributed by atoms with E-state index in [2.05, 4.69) is 23.9 Å². The van der Waals surface area contributed by atoms with Crippen molar-refractivity contribution in [1.82, 2.24) is 24.7 Å². The highest BCUT2D eigenvalue weighted by Crippen LogP contribution is 2.45. The molecule has 1 aliphatic carbocycles. The van der Waals surface area contributed by atoms with Gasteiger partial charge < -0.3 is 10.1 Å². The maximum atomic E-state index is 13.6. The second-order valence-electron chi connectivity index (χ2n) is 9.32. The predicted molar refractivity (Wildman–Crippen MR) is 124 cm³/mol. The number of aromatic amines is 2. The Morgan fingerprint density at radius 1 is 1.06 bits per heavy atom. The van der Waals surface area contributed by atoms with Crippen molar-refractivity contribution in [3.63, 3.8) is 0 Å². The third-order valence-electron chi connectivity index (χ3n) is 6.31. The minimum atomic E-state index is -0.728. The monoisotopic (exact) mass is 425 g/mol. The predicted octanol–water partition coefficient (Wildman–Crippen LogP) is 4.26. The fourth-order valence-corrected chi connectivity index (χ4v) is 4.93. The van der Waals surface area contributed by atoms with Crippen molar-refractivity contribution in [2.75, 3.05) is 0 Å². The van der Waals surface area contributed by atoms with Crippen LogP contribution in [0.4, 0.5) is 0 Å². The van der Waals surface area contributed by atoms with Crippen LogP contribution in [0, 0.1) is 5.41 Å². The van der Waals surface area contributed by atoms with Gasteiger partial charge in [0.25, 0.3) is 5.56 Å². The molecule has 6 rings (SSSR count). The van der Waals surface area contributed by atoms with Crippen LogP contribution < -0.4 is 5.56 Å². The number of benzene rings is 2. The molecule has 0 fully saturated rings. The second-order valence-corrected chi connectivity index (χ2v) is 9.32. The molecule has 1 unspecified atom stereocenters. The van der Waals surface area contributed by atoms with Crippen molar-refractivity contribution in [2.24, 2.45) is 5.41 Å². The minimum Gasteiger partial charge on any atom is -0.388 e. The number of nitrogens with zero attached hydrogens (tertiary/aromatic N) is 3. The van der Waals surface area contributed by atoms with Gasteiger partial charge in [-0.3, -0.25) is 9.89 Å². The van der Waals surface area contributed by atoms with Crippen LogP contribution in [0.1, 0.15) is 37.6 Å². The molecule has 7 nitrogen and oxygen atoms in total. The number of aromatic nitrogens is 5. The lowest BCUT2D eigenvalue weighted by Gasteiger charge is -2.34. The number of nitrogens with one attached hydrogen (secondary N) is 2. The highest BCUT2D eigenvalue weighted by atomic mass is 16.3.